The number of piperazine rings is 1. The van der Waals surface area contributed by atoms with Crippen LogP contribution in [0.2, 0.25) is 0 Å². The lowest BCUT2D eigenvalue weighted by molar-refractivity contribution is 0.197. The third-order valence-electron chi connectivity index (χ3n) is 3.76. The van der Waals surface area contributed by atoms with Gasteiger partial charge < -0.3 is 4.90 Å². The molecule has 1 atom stereocenters. The van der Waals surface area contributed by atoms with Crippen LogP contribution in [0.5, 0.6) is 0 Å². The SMILES string of the molecule is CC(c1nc(CCl)cs1)N1CCN(c2ncccn2)CC1. The van der Waals surface area contributed by atoms with Gasteiger partial charge in [0.15, 0.2) is 0 Å². The Morgan fingerprint density at radius 2 is 1.95 bits per heavy atom. The molecule has 2 aromatic heterocycles. The smallest absolute Gasteiger partial charge is 0.225 e. The molecular weight excluding hydrogens is 306 g/mol. The van der Waals surface area contributed by atoms with E-state index in [-0.39, 0.29) is 0 Å². The van der Waals surface area contributed by atoms with Gasteiger partial charge in [-0.1, -0.05) is 0 Å². The molecule has 1 saturated heterocycles. The van der Waals surface area contributed by atoms with Crippen molar-refractivity contribution in [2.24, 2.45) is 0 Å². The Labute approximate surface area is 133 Å². The highest BCUT2D eigenvalue weighted by Crippen LogP contribution is 2.25. The molecule has 0 amide bonds. The normalized spacial score (nSPS) is 17.9. The molecule has 0 bridgehead atoms. The first kappa shape index (κ1) is 14.7. The highest BCUT2D eigenvalue weighted by molar-refractivity contribution is 7.09. The second-order valence-corrected chi connectivity index (χ2v) is 6.22. The molecule has 1 fully saturated rings. The summed E-state index contributed by atoms with van der Waals surface area (Å²) in [5.41, 5.74) is 0.972. The van der Waals surface area contributed by atoms with Gasteiger partial charge in [0, 0.05) is 44.0 Å². The highest BCUT2D eigenvalue weighted by atomic mass is 35.5. The zero-order valence-electron chi connectivity index (χ0n) is 11.9. The number of hydrogen-bond donors (Lipinski definition) is 0. The van der Waals surface area contributed by atoms with E-state index in [1.54, 1.807) is 23.7 Å². The van der Waals surface area contributed by atoms with Crippen LogP contribution < -0.4 is 4.90 Å². The van der Waals surface area contributed by atoms with E-state index in [4.69, 9.17) is 11.6 Å². The van der Waals surface area contributed by atoms with Crippen LogP contribution in [0.15, 0.2) is 23.8 Å². The molecule has 0 aromatic carbocycles. The van der Waals surface area contributed by atoms with Gasteiger partial charge in [-0.3, -0.25) is 4.90 Å². The summed E-state index contributed by atoms with van der Waals surface area (Å²) >= 11 is 7.53. The van der Waals surface area contributed by atoms with Gasteiger partial charge >= 0.3 is 0 Å². The predicted octanol–water partition coefficient (Wildman–Crippen LogP) is 2.56. The monoisotopic (exact) mass is 323 g/mol. The molecule has 1 aliphatic heterocycles. The van der Waals surface area contributed by atoms with E-state index >= 15 is 0 Å². The lowest BCUT2D eigenvalue weighted by Gasteiger charge is -2.37. The van der Waals surface area contributed by atoms with Gasteiger partial charge in [-0.2, -0.15) is 0 Å². The zero-order chi connectivity index (χ0) is 14.7. The maximum Gasteiger partial charge on any atom is 0.225 e. The molecule has 5 nitrogen and oxygen atoms in total. The number of anilines is 1. The van der Waals surface area contributed by atoms with Gasteiger partial charge in [0.2, 0.25) is 5.95 Å². The van der Waals surface area contributed by atoms with Crippen molar-refractivity contribution >= 4 is 28.9 Å². The van der Waals surface area contributed by atoms with E-state index in [2.05, 4.69) is 31.7 Å². The van der Waals surface area contributed by atoms with Crippen LogP contribution >= 0.6 is 22.9 Å². The Bertz CT molecular complexity index is 568. The van der Waals surface area contributed by atoms with Crippen molar-refractivity contribution in [2.45, 2.75) is 18.8 Å². The molecule has 0 N–H and O–H groups in total. The van der Waals surface area contributed by atoms with Crippen LogP contribution in [0.1, 0.15) is 23.7 Å². The topological polar surface area (TPSA) is 45.2 Å². The molecule has 7 heteroatoms. The van der Waals surface area contributed by atoms with Crippen LogP contribution in [0, 0.1) is 0 Å². The second-order valence-electron chi connectivity index (χ2n) is 5.06. The number of halogens is 1. The largest absolute Gasteiger partial charge is 0.338 e. The highest BCUT2D eigenvalue weighted by Gasteiger charge is 2.24. The van der Waals surface area contributed by atoms with Crippen molar-refractivity contribution in [3.63, 3.8) is 0 Å². The van der Waals surface area contributed by atoms with Gasteiger partial charge in [0.05, 0.1) is 17.6 Å². The van der Waals surface area contributed by atoms with Crippen LogP contribution in [-0.4, -0.2) is 46.0 Å². The number of alkyl halides is 1. The molecular formula is C14H18ClN5S. The maximum atomic E-state index is 5.83. The summed E-state index contributed by atoms with van der Waals surface area (Å²) in [4.78, 5) is 17.9. The first-order valence-electron chi connectivity index (χ1n) is 7.04. The van der Waals surface area contributed by atoms with E-state index < -0.39 is 0 Å². The number of aromatic nitrogens is 3. The van der Waals surface area contributed by atoms with Crippen molar-refractivity contribution in [3.05, 3.63) is 34.5 Å². The molecule has 0 spiro atoms. The zero-order valence-corrected chi connectivity index (χ0v) is 13.5. The van der Waals surface area contributed by atoms with Crippen LogP contribution in [0.25, 0.3) is 0 Å². The number of thiazole rings is 1. The van der Waals surface area contributed by atoms with Gasteiger partial charge in [-0.15, -0.1) is 22.9 Å². The Balaban J connectivity index is 1.60. The lowest BCUT2D eigenvalue weighted by Crippen LogP contribution is -2.47. The lowest BCUT2D eigenvalue weighted by atomic mass is 10.2. The van der Waals surface area contributed by atoms with E-state index in [0.29, 0.717) is 11.9 Å². The first-order chi connectivity index (χ1) is 10.3. The third kappa shape index (κ3) is 3.33. The minimum atomic E-state index is 0.339. The summed E-state index contributed by atoms with van der Waals surface area (Å²) in [5, 5.41) is 3.20. The van der Waals surface area contributed by atoms with Gasteiger partial charge in [0.1, 0.15) is 5.01 Å². The number of hydrogen-bond acceptors (Lipinski definition) is 6. The average Bonchev–Trinajstić information content (AvgIpc) is 3.04. The van der Waals surface area contributed by atoms with Gasteiger partial charge in [-0.25, -0.2) is 15.0 Å². The molecule has 3 rings (SSSR count). The fourth-order valence-corrected chi connectivity index (χ4v) is 3.63. The number of rotatable bonds is 4. The van der Waals surface area contributed by atoms with E-state index in [1.807, 2.05) is 11.4 Å². The van der Waals surface area contributed by atoms with Gasteiger partial charge in [0.25, 0.3) is 0 Å². The molecule has 0 radical (unpaired) electrons. The maximum absolute atomic E-state index is 5.83. The number of nitrogens with zero attached hydrogens (tertiary/aromatic N) is 5. The molecule has 1 aliphatic rings. The van der Waals surface area contributed by atoms with E-state index in [9.17, 15) is 0 Å². The third-order valence-corrected chi connectivity index (χ3v) is 5.10. The molecule has 3 heterocycles. The van der Waals surface area contributed by atoms with Crippen molar-refractivity contribution in [1.29, 1.82) is 0 Å². The summed E-state index contributed by atoms with van der Waals surface area (Å²) in [7, 11) is 0. The fourth-order valence-electron chi connectivity index (χ4n) is 2.50. The quantitative estimate of drug-likeness (QED) is 0.809. The molecule has 0 saturated carbocycles. The van der Waals surface area contributed by atoms with Crippen LogP contribution in [-0.2, 0) is 5.88 Å². The van der Waals surface area contributed by atoms with Crippen molar-refractivity contribution < 1.29 is 0 Å². The average molecular weight is 324 g/mol. The Morgan fingerprint density at radius 1 is 1.24 bits per heavy atom. The molecule has 2 aromatic rings. The Hall–Kier alpha value is -1.24. The summed E-state index contributed by atoms with van der Waals surface area (Å²) in [6.07, 6.45) is 3.58. The summed E-state index contributed by atoms with van der Waals surface area (Å²) in [5.74, 6) is 1.31. The summed E-state index contributed by atoms with van der Waals surface area (Å²) in [6.45, 7) is 6.10. The van der Waals surface area contributed by atoms with Crippen molar-refractivity contribution in [3.8, 4) is 0 Å². The van der Waals surface area contributed by atoms with Crippen molar-refractivity contribution in [2.75, 3.05) is 31.1 Å². The van der Waals surface area contributed by atoms with Crippen molar-refractivity contribution in [1.82, 2.24) is 19.9 Å². The molecule has 21 heavy (non-hydrogen) atoms. The Kier molecular flexibility index (Phi) is 4.67. The van der Waals surface area contributed by atoms with E-state index in [0.717, 1.165) is 42.8 Å². The predicted molar refractivity (Wildman–Crippen MR) is 85.9 cm³/mol. The standard InChI is InChI=1S/C14H18ClN5S/c1-11(13-18-12(9-15)10-21-13)19-5-7-20(8-6-19)14-16-3-2-4-17-14/h2-4,10-11H,5-9H2,1H3. The minimum Gasteiger partial charge on any atom is -0.338 e. The van der Waals surface area contributed by atoms with E-state index in [1.165, 1.54) is 0 Å². The van der Waals surface area contributed by atoms with Crippen LogP contribution in [0.3, 0.4) is 0 Å². The van der Waals surface area contributed by atoms with Crippen LogP contribution in [0.4, 0.5) is 5.95 Å². The molecule has 112 valence electrons. The molecule has 0 aliphatic carbocycles. The molecule has 1 unspecified atom stereocenters. The minimum absolute atomic E-state index is 0.339. The second kappa shape index (κ2) is 6.68. The van der Waals surface area contributed by atoms with Gasteiger partial charge in [-0.05, 0) is 13.0 Å². The summed E-state index contributed by atoms with van der Waals surface area (Å²) < 4.78 is 0. The first-order valence-corrected chi connectivity index (χ1v) is 8.45. The summed E-state index contributed by atoms with van der Waals surface area (Å²) in [6, 6.07) is 2.18. The fraction of sp³-hybridized carbons (Fsp3) is 0.500. The Morgan fingerprint density at radius 3 is 2.57 bits per heavy atom.